The summed E-state index contributed by atoms with van der Waals surface area (Å²) >= 11 is 0. The highest BCUT2D eigenvalue weighted by Gasteiger charge is 2.59. The molecule has 8 aliphatic carbocycles. The van der Waals surface area contributed by atoms with E-state index < -0.39 is 32.7 Å². The van der Waals surface area contributed by atoms with Gasteiger partial charge >= 0.3 is 10.1 Å². The van der Waals surface area contributed by atoms with Crippen LogP contribution in [0, 0.1) is 81.8 Å². The second-order valence-corrected chi connectivity index (χ2v) is 27.5. The van der Waals surface area contributed by atoms with Crippen molar-refractivity contribution in [2.75, 3.05) is 0 Å². The number of benzene rings is 1. The molecular weight excluding hydrogens is 889 g/mol. The van der Waals surface area contributed by atoms with Gasteiger partial charge in [-0.15, -0.1) is 0 Å². The predicted octanol–water partition coefficient (Wildman–Crippen LogP) is 14.7. The van der Waals surface area contributed by atoms with Crippen LogP contribution in [-0.4, -0.2) is 57.5 Å². The molecule has 8 heteroatoms. The zero-order valence-corrected chi connectivity index (χ0v) is 44.7. The van der Waals surface area contributed by atoms with E-state index in [1.807, 2.05) is 13.0 Å². The van der Waals surface area contributed by atoms with Crippen LogP contribution in [0.4, 0.5) is 0 Å². The Kier molecular flexibility index (Phi) is 18.9. The maximum atomic E-state index is 13.4. The number of allylic oxidation sites excluding steroid dienone is 2. The summed E-state index contributed by atoms with van der Waals surface area (Å²) in [5.41, 5.74) is 2.99. The molecule has 0 heterocycles. The molecule has 8 aliphatic rings. The number of para-hydroxylation sites is 1. The topological polar surface area (TPSA) is 124 Å². The fraction of sp³-hybridized carbons (Fsp3) is 0.839. The lowest BCUT2D eigenvalue weighted by Gasteiger charge is -2.55. The fourth-order valence-electron chi connectivity index (χ4n) is 18.2. The molecule has 0 bridgehead atoms. The summed E-state index contributed by atoms with van der Waals surface area (Å²) in [6.45, 7) is 17.7. The molecule has 6 fully saturated rings. The minimum Gasteiger partial charge on any atom is -0.393 e. The molecule has 6 saturated carbocycles. The molecule has 0 spiro atoms. The Hall–Kier alpha value is -1.71. The van der Waals surface area contributed by atoms with E-state index in [4.69, 9.17) is 4.18 Å². The molecule has 9 rings (SSSR count). The van der Waals surface area contributed by atoms with Crippen LogP contribution in [0.3, 0.4) is 0 Å². The first kappa shape index (κ1) is 57.6. The van der Waals surface area contributed by atoms with Crippen LogP contribution in [0.25, 0.3) is 0 Å². The molecule has 7 nitrogen and oxygen atoms in total. The largest absolute Gasteiger partial charge is 0.393 e. The summed E-state index contributed by atoms with van der Waals surface area (Å²) < 4.78 is 32.3. The summed E-state index contributed by atoms with van der Waals surface area (Å²) in [5, 5.41) is 40.9. The summed E-state index contributed by atoms with van der Waals surface area (Å²) in [7, 11) is -3.88. The number of hydrogen-bond donors (Lipinski definition) is 4. The third-order valence-electron chi connectivity index (χ3n) is 21.9. The summed E-state index contributed by atoms with van der Waals surface area (Å²) in [6.07, 6.45) is 29.2. The number of hydrogen-bond acceptors (Lipinski definition) is 7. The van der Waals surface area contributed by atoms with Crippen molar-refractivity contribution in [3.63, 3.8) is 0 Å². The van der Waals surface area contributed by atoms with E-state index in [9.17, 15) is 28.8 Å². The quantitative estimate of drug-likeness (QED) is 0.102. The number of aliphatic hydroxyl groups excluding tert-OH is 2. The van der Waals surface area contributed by atoms with Crippen molar-refractivity contribution in [2.24, 2.45) is 81.8 Å². The number of rotatable bonds is 15. The molecule has 1 unspecified atom stereocenters. The molecule has 19 atom stereocenters. The first-order valence-electron chi connectivity index (χ1n) is 28.4. The highest BCUT2D eigenvalue weighted by atomic mass is 32.2. The first-order valence-corrected chi connectivity index (χ1v) is 29.9. The highest BCUT2D eigenvalue weighted by Crippen LogP contribution is 2.67. The molecule has 0 amide bonds. The van der Waals surface area contributed by atoms with Crippen molar-refractivity contribution < 1.29 is 33.0 Å². The Morgan fingerprint density at radius 3 is 1.56 bits per heavy atom. The van der Waals surface area contributed by atoms with E-state index in [1.54, 1.807) is 36.8 Å². The van der Waals surface area contributed by atoms with Crippen LogP contribution in [0.2, 0.25) is 0 Å². The third kappa shape index (κ3) is 11.7. The SMILES string of the molecule is C.C.CC[C@]1(O)CC[C@H]2C(=CC[C@@H]3[C@@H]2CC[C@]2(C)[C@@H]([C@H](C)CC(C[C@@H](C)O)S(=O)(=O)Oc4ccccc4)CC[C@@H]32)C1.CC[C@]1(O)CC[C@H]2C(=CC[C@@H]3[C@@H]2CC[C@]2(C)[C@@H]([C@H](C)CCC[C@@H](C)O)CC[C@@H]32)C1. The van der Waals surface area contributed by atoms with Crippen LogP contribution in [0.15, 0.2) is 53.6 Å². The molecule has 1 aromatic rings. The maximum absolute atomic E-state index is 13.4. The van der Waals surface area contributed by atoms with Crippen LogP contribution in [-0.2, 0) is 10.1 Å². The zero-order valence-electron chi connectivity index (χ0n) is 43.9. The molecule has 0 aromatic heterocycles. The Balaban J connectivity index is 0.000000232. The number of fused-ring (bicyclic) bond motifs is 10. The zero-order chi connectivity index (χ0) is 48.8. The van der Waals surface area contributed by atoms with Gasteiger partial charge in [-0.1, -0.05) is 111 Å². The second kappa shape index (κ2) is 23.0. The van der Waals surface area contributed by atoms with Gasteiger partial charge in [0, 0.05) is 0 Å². The molecule has 0 aliphatic heterocycles. The second-order valence-electron chi connectivity index (χ2n) is 25.7. The van der Waals surface area contributed by atoms with Gasteiger partial charge < -0.3 is 24.6 Å². The van der Waals surface area contributed by atoms with Gasteiger partial charge in [-0.3, -0.25) is 0 Å². The van der Waals surface area contributed by atoms with Crippen molar-refractivity contribution in [1.29, 1.82) is 0 Å². The van der Waals surface area contributed by atoms with E-state index >= 15 is 0 Å². The Bertz CT molecular complexity index is 2010. The van der Waals surface area contributed by atoms with Crippen molar-refractivity contribution in [2.45, 2.75) is 247 Å². The van der Waals surface area contributed by atoms with Crippen molar-refractivity contribution >= 4 is 10.1 Å². The summed E-state index contributed by atoms with van der Waals surface area (Å²) in [6, 6.07) is 8.71. The van der Waals surface area contributed by atoms with E-state index in [2.05, 4.69) is 53.7 Å². The molecule has 0 radical (unpaired) electrons. The van der Waals surface area contributed by atoms with E-state index in [-0.39, 0.29) is 38.7 Å². The van der Waals surface area contributed by atoms with Gasteiger partial charge in [-0.05, 0) is 243 Å². The fourth-order valence-corrected chi connectivity index (χ4v) is 19.8. The number of aliphatic hydroxyl groups is 4. The van der Waals surface area contributed by atoms with E-state index in [0.29, 0.717) is 41.3 Å². The standard InChI is InChI=1S/C33H50O5S.C27H46O2.2CH4/c1-5-33(35)18-16-27-24(21-33)11-12-29-28(27)15-17-32(4)30(13-14-31(29)32)22(2)19-26(20-23(3)34)39(36,37)38-25-9-7-6-8-10-25;1-5-27(29)16-14-21-20(17-27)9-10-23-22(21)13-15-26(4)24(11-12-25(23)26)18(2)7-6-8-19(3)28;;/h6-11,22-23,26-31,34-35H,5,12-21H2,1-4H3;9,18-19,21-25,28-29H,5-8,10-17H2,1-4H3;2*1H4/t22-,23-,26?,27+,28-,29-,30-,31+,32-,33+;18-,19-,21+,22-,23-,24-,25+,26-,27+;;/m11../s1. The molecule has 70 heavy (non-hydrogen) atoms. The van der Waals surface area contributed by atoms with Gasteiger partial charge in [0.15, 0.2) is 0 Å². The molecule has 0 saturated heterocycles. The third-order valence-corrected chi connectivity index (χ3v) is 23.5. The smallest absolute Gasteiger partial charge is 0.312 e. The summed E-state index contributed by atoms with van der Waals surface area (Å²) in [5.74, 6) is 8.96. The lowest BCUT2D eigenvalue weighted by atomic mass is 9.50. The van der Waals surface area contributed by atoms with E-state index in [1.165, 1.54) is 76.2 Å². The Labute approximate surface area is 429 Å². The minimum absolute atomic E-state index is 0. The normalized spacial score (nSPS) is 40.6. The first-order chi connectivity index (χ1) is 32.2. The van der Waals surface area contributed by atoms with Crippen LogP contribution in [0.1, 0.15) is 218 Å². The average Bonchev–Trinajstić information content (AvgIpc) is 3.85. The van der Waals surface area contributed by atoms with Gasteiger partial charge in [0.25, 0.3) is 0 Å². The molecule has 4 N–H and O–H groups in total. The summed E-state index contributed by atoms with van der Waals surface area (Å²) in [4.78, 5) is 0. The highest BCUT2D eigenvalue weighted by molar-refractivity contribution is 7.87. The van der Waals surface area contributed by atoms with Crippen LogP contribution < -0.4 is 4.18 Å². The Morgan fingerprint density at radius 2 is 1.10 bits per heavy atom. The lowest BCUT2D eigenvalue weighted by Crippen LogP contribution is -2.48. The predicted molar refractivity (Wildman–Crippen MR) is 290 cm³/mol. The maximum Gasteiger partial charge on any atom is 0.312 e. The van der Waals surface area contributed by atoms with Crippen LogP contribution >= 0.6 is 0 Å². The molecular formula is C62H104O7S. The lowest BCUT2D eigenvalue weighted by molar-refractivity contribution is -0.0461. The molecule has 400 valence electrons. The van der Waals surface area contributed by atoms with Crippen LogP contribution in [0.5, 0.6) is 5.75 Å². The molecule has 1 aromatic carbocycles. The van der Waals surface area contributed by atoms with Gasteiger partial charge in [0.1, 0.15) is 11.0 Å². The minimum atomic E-state index is -3.88. The van der Waals surface area contributed by atoms with Gasteiger partial charge in [0.2, 0.25) is 0 Å². The Morgan fingerprint density at radius 1 is 0.614 bits per heavy atom. The average molecular weight is 994 g/mol. The monoisotopic (exact) mass is 993 g/mol. The van der Waals surface area contributed by atoms with Gasteiger partial charge in [-0.2, -0.15) is 8.42 Å². The van der Waals surface area contributed by atoms with Crippen molar-refractivity contribution in [3.8, 4) is 5.75 Å². The van der Waals surface area contributed by atoms with Gasteiger partial charge in [-0.25, -0.2) is 0 Å². The van der Waals surface area contributed by atoms with E-state index in [0.717, 1.165) is 106 Å². The van der Waals surface area contributed by atoms with Crippen molar-refractivity contribution in [3.05, 3.63) is 53.6 Å². The van der Waals surface area contributed by atoms with Gasteiger partial charge in [0.05, 0.1) is 23.4 Å². The van der Waals surface area contributed by atoms with Crippen molar-refractivity contribution in [1.82, 2.24) is 0 Å².